The van der Waals surface area contributed by atoms with E-state index in [1.54, 1.807) is 6.20 Å². The molecule has 1 aromatic carbocycles. The molecule has 1 aromatic heterocycles. The Bertz CT molecular complexity index is 663. The van der Waals surface area contributed by atoms with E-state index >= 15 is 0 Å². The van der Waals surface area contributed by atoms with Crippen molar-refractivity contribution in [3.05, 3.63) is 46.2 Å². The summed E-state index contributed by atoms with van der Waals surface area (Å²) in [5, 5.41) is 14.4. The monoisotopic (exact) mass is 377 g/mol. The highest BCUT2D eigenvalue weighted by Crippen LogP contribution is 2.18. The molecule has 122 valence electrons. The molecule has 23 heavy (non-hydrogen) atoms. The van der Waals surface area contributed by atoms with Gasteiger partial charge in [-0.3, -0.25) is 4.79 Å². The minimum absolute atomic E-state index is 0.0837. The summed E-state index contributed by atoms with van der Waals surface area (Å²) in [6.07, 6.45) is 3.78. The summed E-state index contributed by atoms with van der Waals surface area (Å²) in [6, 6.07) is 8.15. The first kappa shape index (κ1) is 16.1. The van der Waals surface area contributed by atoms with Crippen molar-refractivity contribution >= 4 is 21.8 Å². The maximum atomic E-state index is 12.3. The lowest BCUT2D eigenvalue weighted by Crippen LogP contribution is -2.29. The first-order valence-electron chi connectivity index (χ1n) is 7.82. The third-order valence-corrected chi connectivity index (χ3v) is 4.67. The van der Waals surface area contributed by atoms with Gasteiger partial charge in [0.05, 0.1) is 18.3 Å². The molecule has 0 aliphatic carbocycles. The van der Waals surface area contributed by atoms with Gasteiger partial charge in [0.25, 0.3) is 5.91 Å². The molecule has 2 N–H and O–H groups in total. The van der Waals surface area contributed by atoms with E-state index < -0.39 is 0 Å². The maximum absolute atomic E-state index is 12.3. The molecule has 7 heteroatoms. The summed E-state index contributed by atoms with van der Waals surface area (Å²) in [5.74, 6) is -0.194. The fourth-order valence-electron chi connectivity index (χ4n) is 2.74. The second-order valence-corrected chi connectivity index (χ2v) is 6.73. The molecule has 0 spiro atoms. The molecule has 3 rings (SSSR count). The van der Waals surface area contributed by atoms with Crippen molar-refractivity contribution in [2.75, 3.05) is 13.1 Å². The molecular formula is C16H20BrN5O. The van der Waals surface area contributed by atoms with Gasteiger partial charge in [-0.05, 0) is 50.6 Å². The zero-order chi connectivity index (χ0) is 16.2. The summed E-state index contributed by atoms with van der Waals surface area (Å²) in [7, 11) is 0. The van der Waals surface area contributed by atoms with Crippen LogP contribution in [0.4, 0.5) is 0 Å². The lowest BCUT2D eigenvalue weighted by molar-refractivity contribution is 0.0934. The SMILES string of the molecule is CC(NC(=O)c1cn(C2CCNCC2)nn1)c1ccc(Br)cc1. The van der Waals surface area contributed by atoms with Crippen LogP contribution < -0.4 is 10.6 Å². The van der Waals surface area contributed by atoms with Crippen LogP contribution in [-0.2, 0) is 0 Å². The second-order valence-electron chi connectivity index (χ2n) is 5.81. The molecule has 1 saturated heterocycles. The molecular weight excluding hydrogens is 358 g/mol. The Balaban J connectivity index is 1.63. The largest absolute Gasteiger partial charge is 0.344 e. The van der Waals surface area contributed by atoms with Crippen LogP contribution >= 0.6 is 15.9 Å². The Morgan fingerprint density at radius 1 is 1.35 bits per heavy atom. The third kappa shape index (κ3) is 3.97. The van der Waals surface area contributed by atoms with E-state index in [1.807, 2.05) is 35.9 Å². The van der Waals surface area contributed by atoms with Crippen LogP contribution in [0.3, 0.4) is 0 Å². The van der Waals surface area contributed by atoms with E-state index in [4.69, 9.17) is 0 Å². The fourth-order valence-corrected chi connectivity index (χ4v) is 3.00. The Morgan fingerprint density at radius 2 is 2.04 bits per heavy atom. The van der Waals surface area contributed by atoms with Gasteiger partial charge in [0.2, 0.25) is 0 Å². The standard InChI is InChI=1S/C16H20BrN5O/c1-11(12-2-4-13(17)5-3-12)19-16(23)15-10-22(21-20-15)14-6-8-18-9-7-14/h2-5,10-11,14,18H,6-9H2,1H3,(H,19,23). The minimum atomic E-state index is -0.194. The highest BCUT2D eigenvalue weighted by molar-refractivity contribution is 9.10. The number of carbonyl (C=O) groups excluding carboxylic acids is 1. The molecule has 0 saturated carbocycles. The average molecular weight is 378 g/mol. The van der Waals surface area contributed by atoms with Gasteiger partial charge in [-0.15, -0.1) is 5.10 Å². The number of rotatable bonds is 4. The van der Waals surface area contributed by atoms with Gasteiger partial charge in [-0.25, -0.2) is 4.68 Å². The van der Waals surface area contributed by atoms with Gasteiger partial charge in [-0.1, -0.05) is 33.3 Å². The predicted molar refractivity (Wildman–Crippen MR) is 91.2 cm³/mol. The zero-order valence-corrected chi connectivity index (χ0v) is 14.6. The van der Waals surface area contributed by atoms with E-state index in [1.165, 1.54) is 0 Å². The van der Waals surface area contributed by atoms with Gasteiger partial charge in [-0.2, -0.15) is 0 Å². The van der Waals surface area contributed by atoms with Crippen LogP contribution in [0.2, 0.25) is 0 Å². The third-order valence-electron chi connectivity index (χ3n) is 4.14. The molecule has 1 amide bonds. The summed E-state index contributed by atoms with van der Waals surface area (Å²) in [6.45, 7) is 3.91. The van der Waals surface area contributed by atoms with Crippen LogP contribution in [0, 0.1) is 0 Å². The molecule has 6 nitrogen and oxygen atoms in total. The molecule has 2 heterocycles. The van der Waals surface area contributed by atoms with Crippen molar-refractivity contribution in [2.45, 2.75) is 31.8 Å². The number of nitrogens with one attached hydrogen (secondary N) is 2. The number of hydrogen-bond donors (Lipinski definition) is 2. The number of halogens is 1. The molecule has 1 fully saturated rings. The average Bonchev–Trinajstić information content (AvgIpc) is 3.06. The van der Waals surface area contributed by atoms with Gasteiger partial charge < -0.3 is 10.6 Å². The minimum Gasteiger partial charge on any atom is -0.344 e. The van der Waals surface area contributed by atoms with Crippen molar-refractivity contribution in [3.63, 3.8) is 0 Å². The number of carbonyl (C=O) groups is 1. The number of piperidine rings is 1. The van der Waals surface area contributed by atoms with Crippen molar-refractivity contribution in [1.82, 2.24) is 25.6 Å². The van der Waals surface area contributed by atoms with Gasteiger partial charge in [0.1, 0.15) is 0 Å². The normalized spacial score (nSPS) is 17.0. The van der Waals surface area contributed by atoms with E-state index in [2.05, 4.69) is 36.9 Å². The van der Waals surface area contributed by atoms with Gasteiger partial charge in [0, 0.05) is 4.47 Å². The van der Waals surface area contributed by atoms with Crippen molar-refractivity contribution in [2.24, 2.45) is 0 Å². The predicted octanol–water partition coefficient (Wildman–Crippen LogP) is 2.46. The number of nitrogens with zero attached hydrogens (tertiary/aromatic N) is 3. The van der Waals surface area contributed by atoms with Crippen molar-refractivity contribution in [1.29, 1.82) is 0 Å². The van der Waals surface area contributed by atoms with Gasteiger partial charge >= 0.3 is 0 Å². The lowest BCUT2D eigenvalue weighted by atomic mass is 10.1. The quantitative estimate of drug-likeness (QED) is 0.858. The number of amides is 1. The summed E-state index contributed by atoms with van der Waals surface area (Å²) < 4.78 is 2.84. The smallest absolute Gasteiger partial charge is 0.273 e. The number of aromatic nitrogens is 3. The maximum Gasteiger partial charge on any atom is 0.273 e. The molecule has 1 aliphatic rings. The number of hydrogen-bond acceptors (Lipinski definition) is 4. The van der Waals surface area contributed by atoms with E-state index in [9.17, 15) is 4.79 Å². The Morgan fingerprint density at radius 3 is 2.74 bits per heavy atom. The van der Waals surface area contributed by atoms with Crippen LogP contribution in [0.25, 0.3) is 0 Å². The van der Waals surface area contributed by atoms with E-state index in [-0.39, 0.29) is 11.9 Å². The Kier molecular flexibility index (Phi) is 5.07. The second kappa shape index (κ2) is 7.23. The molecule has 1 atom stereocenters. The van der Waals surface area contributed by atoms with Crippen LogP contribution in [0.5, 0.6) is 0 Å². The van der Waals surface area contributed by atoms with Crippen LogP contribution in [0.15, 0.2) is 34.9 Å². The van der Waals surface area contributed by atoms with E-state index in [0.29, 0.717) is 11.7 Å². The lowest BCUT2D eigenvalue weighted by Gasteiger charge is -2.22. The van der Waals surface area contributed by atoms with Crippen molar-refractivity contribution in [3.8, 4) is 0 Å². The van der Waals surface area contributed by atoms with Crippen LogP contribution in [0.1, 0.15) is 47.9 Å². The first-order chi connectivity index (χ1) is 11.1. The molecule has 0 radical (unpaired) electrons. The topological polar surface area (TPSA) is 71.8 Å². The highest BCUT2D eigenvalue weighted by atomic mass is 79.9. The fraction of sp³-hybridized carbons (Fsp3) is 0.438. The summed E-state index contributed by atoms with van der Waals surface area (Å²) in [5.41, 5.74) is 1.42. The summed E-state index contributed by atoms with van der Waals surface area (Å²) in [4.78, 5) is 12.3. The Hall–Kier alpha value is -1.73. The van der Waals surface area contributed by atoms with Crippen molar-refractivity contribution < 1.29 is 4.79 Å². The molecule has 0 bridgehead atoms. The number of benzene rings is 1. The van der Waals surface area contributed by atoms with Crippen LogP contribution in [-0.4, -0.2) is 34.0 Å². The molecule has 2 aromatic rings. The Labute approximate surface area is 143 Å². The van der Waals surface area contributed by atoms with Gasteiger partial charge in [0.15, 0.2) is 5.69 Å². The van der Waals surface area contributed by atoms with E-state index in [0.717, 1.165) is 36.0 Å². The molecule has 1 unspecified atom stereocenters. The molecule has 1 aliphatic heterocycles. The summed E-state index contributed by atoms with van der Waals surface area (Å²) >= 11 is 3.41. The zero-order valence-electron chi connectivity index (χ0n) is 13.0. The first-order valence-corrected chi connectivity index (χ1v) is 8.61. The highest BCUT2D eigenvalue weighted by Gasteiger charge is 2.19.